The number of rotatable bonds is 10. The molecular weight excluding hydrogens is 1010 g/mol. The van der Waals surface area contributed by atoms with E-state index in [1.165, 1.54) is 12.0 Å². The van der Waals surface area contributed by atoms with E-state index in [0.29, 0.717) is 82.7 Å². The van der Waals surface area contributed by atoms with Gasteiger partial charge in [-0.1, -0.05) is 77.1 Å². The van der Waals surface area contributed by atoms with E-state index in [-0.39, 0.29) is 55.2 Å². The molecule has 77 heavy (non-hydrogen) atoms. The Morgan fingerprint density at radius 3 is 2.34 bits per heavy atom. The van der Waals surface area contributed by atoms with Gasteiger partial charge >= 0.3 is 12.1 Å². The number of carbonyl (C=O) groups excluding carboxylic acids is 6. The molecule has 15 atom stereocenters. The van der Waals surface area contributed by atoms with Crippen LogP contribution in [0.1, 0.15) is 131 Å². The Hall–Kier alpha value is -4.62. The second-order valence-corrected chi connectivity index (χ2v) is 22.0. The number of esters is 1. The maximum atomic E-state index is 14.6. The van der Waals surface area contributed by atoms with Crippen LogP contribution in [0.4, 0.5) is 4.79 Å². The first-order valence-corrected chi connectivity index (χ1v) is 27.5. The number of amides is 2. The number of ether oxygens (including phenoxy) is 6. The molecule has 0 aromatic carbocycles. The lowest BCUT2D eigenvalue weighted by atomic mass is 9.78. The number of hydrogen-bond acceptors (Lipinski definition) is 15. The molecule has 1 unspecified atom stereocenters. The van der Waals surface area contributed by atoms with Gasteiger partial charge in [-0.15, -0.1) is 12.4 Å². The zero-order valence-electron chi connectivity index (χ0n) is 47.1. The number of cyclic esters (lactones) is 1. The number of pyridine rings is 1. The highest BCUT2D eigenvalue weighted by molar-refractivity contribution is 6.39. The number of nitrogens with zero attached hydrogens (tertiary/aromatic N) is 2. The summed E-state index contributed by atoms with van der Waals surface area (Å²) in [5.74, 6) is -8.34. The molecule has 1 aromatic rings. The number of hydrogen-bond donors (Lipinski definition) is 3. The van der Waals surface area contributed by atoms with Crippen molar-refractivity contribution in [2.45, 2.75) is 186 Å². The van der Waals surface area contributed by atoms with Crippen LogP contribution in [-0.4, -0.2) is 144 Å². The molecule has 2 amide bonds. The predicted molar refractivity (Wildman–Crippen MR) is 293 cm³/mol. The number of aliphatic hydroxyl groups excluding tert-OH is 1. The molecule has 0 spiro atoms. The van der Waals surface area contributed by atoms with Crippen molar-refractivity contribution in [3.63, 3.8) is 0 Å². The van der Waals surface area contributed by atoms with Crippen LogP contribution in [0, 0.1) is 35.5 Å². The largest absolute Gasteiger partial charge is 0.460 e. The number of aliphatic hydroxyl groups is 2. The molecule has 3 fully saturated rings. The van der Waals surface area contributed by atoms with Gasteiger partial charge in [-0.2, -0.15) is 0 Å². The molecule has 18 heteroatoms. The molecule has 2 bridgehead atoms. The first-order valence-electron chi connectivity index (χ1n) is 27.5. The van der Waals surface area contributed by atoms with E-state index in [0.717, 1.165) is 11.3 Å². The summed E-state index contributed by atoms with van der Waals surface area (Å²) in [6.45, 7) is 13.0. The summed E-state index contributed by atoms with van der Waals surface area (Å²) in [5.41, 5.74) is 2.08. The molecule has 1 saturated carbocycles. The molecule has 0 radical (unpaired) electrons. The Morgan fingerprint density at radius 2 is 1.65 bits per heavy atom. The zero-order chi connectivity index (χ0) is 55.7. The van der Waals surface area contributed by atoms with Gasteiger partial charge in [0.1, 0.15) is 36.2 Å². The number of ketones is 3. The van der Waals surface area contributed by atoms with E-state index in [2.05, 4.69) is 10.3 Å². The van der Waals surface area contributed by atoms with Crippen molar-refractivity contribution < 1.29 is 67.4 Å². The lowest BCUT2D eigenvalue weighted by Crippen LogP contribution is -2.61. The Labute approximate surface area is 462 Å². The molecule has 3 N–H and O–H groups in total. The first kappa shape index (κ1) is 64.9. The standard InChI is InChI=1S/C59H87N3O14.ClH/c1-36-18-12-11-13-19-37(2)49(71-8)34-45-24-22-42(7)59(70,76-45)55(66)56(67)62-29-17-15-21-46(62)57(68)74-50(35-47(63)38(3)31-41(6)53(65)54(73-10)52(64)40(5)30-36)39(4)32-43-23-25-48(51(33-43)72-9)75-58(69)61-28-26-44-20-14-16-27-60-44;/h11-14,16,18-20,27,31,36,38-40,42-43,45-46,48-51,53-54,65,70H,15,17,21-26,28-30,32-35H2,1-10H3,(H,61,69);1H/b13-11+,18-12+,37-19+,41-31+;/t36-,38-,39-,40-,42-,43?,45+,46+,48+,49+,50+,51+,53-,54+,59-;/m1./s1. The normalized spacial score (nSPS) is 35.6. The molecule has 5 rings (SSSR count). The number of carbonyl (C=O) groups is 6. The van der Waals surface area contributed by atoms with Crippen molar-refractivity contribution in [3.05, 3.63) is 77.7 Å². The molecule has 4 aliphatic rings. The molecule has 1 aromatic heterocycles. The van der Waals surface area contributed by atoms with Gasteiger partial charge in [0.25, 0.3) is 11.7 Å². The molecule has 3 aliphatic heterocycles. The van der Waals surface area contributed by atoms with Gasteiger partial charge in [0.2, 0.25) is 5.79 Å². The fourth-order valence-corrected chi connectivity index (χ4v) is 11.3. The Kier molecular flexibility index (Phi) is 26.3. The topological polar surface area (TPSA) is 226 Å². The van der Waals surface area contributed by atoms with Crippen LogP contribution in [0.15, 0.2) is 72.0 Å². The van der Waals surface area contributed by atoms with Gasteiger partial charge in [0.15, 0.2) is 5.78 Å². The van der Waals surface area contributed by atoms with Gasteiger partial charge in [0.05, 0.1) is 18.3 Å². The number of piperidine rings is 1. The number of methoxy groups -OCH3 is 3. The number of alkyl carbamates (subject to hydrolysis) is 1. The van der Waals surface area contributed by atoms with Gasteiger partial charge in [0, 0.05) is 83.3 Å². The fraction of sp³-hybridized carbons (Fsp3) is 0.678. The van der Waals surface area contributed by atoms with Crippen molar-refractivity contribution in [3.8, 4) is 0 Å². The minimum absolute atomic E-state index is 0. The van der Waals surface area contributed by atoms with Crippen LogP contribution < -0.4 is 5.32 Å². The third-order valence-corrected chi connectivity index (χ3v) is 16.1. The van der Waals surface area contributed by atoms with Crippen LogP contribution in [0.3, 0.4) is 0 Å². The SMILES string of the molecule is CO[C@H]1C[C@@H]2CC[C@@H](C)[C@@](O)(O2)C(=O)C(=O)N2CCCC[C@H]2C(=O)O[C@H]([C@H](C)CC2CC[C@H](OC(=O)NCCc3ccccn3)[C@@H](OC)C2)CC(=O)[C@H](C)/C=C(\C)[C@@H](O)[C@@H](OC)C(=O)[C@H](C)C[C@H](C)/C=C/C=C/C=C/1C.Cl. The lowest BCUT2D eigenvalue weighted by Gasteiger charge is -2.42. The average molecular weight is 1100 g/mol. The van der Waals surface area contributed by atoms with Gasteiger partial charge in [-0.25, -0.2) is 9.59 Å². The van der Waals surface area contributed by atoms with Crippen LogP contribution in [0.25, 0.3) is 0 Å². The highest BCUT2D eigenvalue weighted by atomic mass is 35.5. The summed E-state index contributed by atoms with van der Waals surface area (Å²) in [7, 11) is 4.52. The van der Waals surface area contributed by atoms with Crippen LogP contribution in [0.2, 0.25) is 0 Å². The van der Waals surface area contributed by atoms with E-state index in [1.807, 2.05) is 76.3 Å². The van der Waals surface area contributed by atoms with Gasteiger partial charge in [-0.05, 0) is 119 Å². The summed E-state index contributed by atoms with van der Waals surface area (Å²) >= 11 is 0. The number of aromatic nitrogens is 1. The van der Waals surface area contributed by atoms with Crippen molar-refractivity contribution in [2.75, 3.05) is 34.4 Å². The molecule has 4 heterocycles. The third-order valence-electron chi connectivity index (χ3n) is 16.1. The third kappa shape index (κ3) is 18.2. The van der Waals surface area contributed by atoms with E-state index in [1.54, 1.807) is 47.3 Å². The summed E-state index contributed by atoms with van der Waals surface area (Å²) in [5, 5.41) is 26.4. The quantitative estimate of drug-likeness (QED) is 0.115. The summed E-state index contributed by atoms with van der Waals surface area (Å²) in [4.78, 5) is 89.8. The number of nitrogens with one attached hydrogen (secondary N) is 1. The highest BCUT2D eigenvalue weighted by Gasteiger charge is 2.53. The van der Waals surface area contributed by atoms with E-state index in [9.17, 15) is 39.0 Å². The van der Waals surface area contributed by atoms with E-state index >= 15 is 0 Å². The smallest absolute Gasteiger partial charge is 0.407 e. The van der Waals surface area contributed by atoms with Gasteiger partial charge < -0.3 is 48.9 Å². The van der Waals surface area contributed by atoms with Gasteiger partial charge in [-0.3, -0.25) is 24.2 Å². The van der Waals surface area contributed by atoms with Crippen LogP contribution >= 0.6 is 12.4 Å². The molecule has 1 aliphatic carbocycles. The number of Topliss-reactive ketones (excluding diaryl/α,β-unsaturated/α-hetero) is 3. The number of fused-ring (bicyclic) bond motifs is 3. The highest BCUT2D eigenvalue weighted by Crippen LogP contribution is 2.38. The summed E-state index contributed by atoms with van der Waals surface area (Å²) < 4.78 is 35.7. The Morgan fingerprint density at radius 1 is 0.896 bits per heavy atom. The monoisotopic (exact) mass is 1100 g/mol. The zero-order valence-corrected chi connectivity index (χ0v) is 47.9. The van der Waals surface area contributed by atoms with Crippen LogP contribution in [-0.2, 0) is 58.8 Å². The van der Waals surface area contributed by atoms with Crippen molar-refractivity contribution >= 4 is 47.7 Å². The number of halogens is 1. The maximum Gasteiger partial charge on any atom is 0.407 e. The minimum atomic E-state index is -2.46. The van der Waals surface area contributed by atoms with Crippen molar-refractivity contribution in [1.29, 1.82) is 0 Å². The molecule has 17 nitrogen and oxygen atoms in total. The minimum Gasteiger partial charge on any atom is -0.460 e. The van der Waals surface area contributed by atoms with Crippen molar-refractivity contribution in [1.82, 2.24) is 15.2 Å². The number of allylic oxidation sites excluding steroid dienone is 6. The molecule has 2 saturated heterocycles. The molecular formula is C59H88ClN3O14. The predicted octanol–water partition coefficient (Wildman–Crippen LogP) is 7.97. The van der Waals surface area contributed by atoms with E-state index in [4.69, 9.17) is 28.4 Å². The Balaban J connectivity index is 0.0000128. The Bertz CT molecular complexity index is 2240. The average Bonchev–Trinajstić information content (AvgIpc) is 3.40. The first-order chi connectivity index (χ1) is 36.2. The summed E-state index contributed by atoms with van der Waals surface area (Å²) in [6, 6.07) is 4.42. The molecule has 430 valence electrons. The summed E-state index contributed by atoms with van der Waals surface area (Å²) in [6.07, 6.45) is 12.3. The van der Waals surface area contributed by atoms with Crippen molar-refractivity contribution in [2.24, 2.45) is 35.5 Å². The second kappa shape index (κ2) is 31.2. The fourth-order valence-electron chi connectivity index (χ4n) is 11.3. The lowest BCUT2D eigenvalue weighted by molar-refractivity contribution is -0.265. The second-order valence-electron chi connectivity index (χ2n) is 22.0. The maximum absolute atomic E-state index is 14.6. The van der Waals surface area contributed by atoms with Crippen LogP contribution in [0.5, 0.6) is 0 Å². The van der Waals surface area contributed by atoms with E-state index < -0.39 is 102 Å².